The van der Waals surface area contributed by atoms with Crippen LogP contribution in [0.15, 0.2) is 9.85 Å². The van der Waals surface area contributed by atoms with Crippen molar-refractivity contribution in [1.82, 2.24) is 0 Å². The van der Waals surface area contributed by atoms with E-state index in [0.717, 1.165) is 21.5 Å². The van der Waals surface area contributed by atoms with Crippen molar-refractivity contribution in [2.45, 2.75) is 39.7 Å². The average molecular weight is 277 g/mol. The van der Waals surface area contributed by atoms with Crippen LogP contribution in [-0.2, 0) is 0 Å². The number of aliphatic hydroxyl groups is 1. The highest BCUT2D eigenvalue weighted by molar-refractivity contribution is 9.11. The maximum Gasteiger partial charge on any atom is 0.0882 e. The van der Waals surface area contributed by atoms with Crippen molar-refractivity contribution in [3.8, 4) is 0 Å². The minimum absolute atomic E-state index is 0.285. The Labute approximate surface area is 98.3 Å². The molecule has 1 rings (SSSR count). The first-order valence-electron chi connectivity index (χ1n) is 4.94. The molecular formula is C11H17BrOS. The number of hydrogen-bond donors (Lipinski definition) is 1. The molecule has 0 saturated heterocycles. The molecule has 1 heterocycles. The first-order valence-corrected chi connectivity index (χ1v) is 6.55. The minimum atomic E-state index is -0.285. The zero-order chi connectivity index (χ0) is 10.7. The van der Waals surface area contributed by atoms with E-state index in [1.807, 2.05) is 0 Å². The number of rotatable bonds is 4. The quantitative estimate of drug-likeness (QED) is 0.870. The molecule has 1 nitrogen and oxygen atoms in total. The summed E-state index contributed by atoms with van der Waals surface area (Å²) in [5.41, 5.74) is 1.22. The first-order chi connectivity index (χ1) is 6.50. The molecule has 0 aliphatic rings. The van der Waals surface area contributed by atoms with Crippen molar-refractivity contribution in [3.05, 3.63) is 20.3 Å². The van der Waals surface area contributed by atoms with E-state index in [-0.39, 0.29) is 6.10 Å². The van der Waals surface area contributed by atoms with Gasteiger partial charge in [0.25, 0.3) is 0 Å². The van der Waals surface area contributed by atoms with Gasteiger partial charge in [0, 0.05) is 4.88 Å². The van der Waals surface area contributed by atoms with Crippen LogP contribution < -0.4 is 0 Å². The summed E-state index contributed by atoms with van der Waals surface area (Å²) in [4.78, 5) is 1.08. The van der Waals surface area contributed by atoms with Crippen molar-refractivity contribution in [1.29, 1.82) is 0 Å². The molecule has 80 valence electrons. The van der Waals surface area contributed by atoms with Crippen LogP contribution in [0.4, 0.5) is 0 Å². The smallest absolute Gasteiger partial charge is 0.0882 e. The maximum atomic E-state index is 9.90. The summed E-state index contributed by atoms with van der Waals surface area (Å²) in [7, 11) is 0. The third-order valence-electron chi connectivity index (χ3n) is 2.22. The number of thiophene rings is 1. The Morgan fingerprint density at radius 3 is 2.50 bits per heavy atom. The Morgan fingerprint density at radius 1 is 1.43 bits per heavy atom. The molecule has 0 saturated carbocycles. The maximum absolute atomic E-state index is 9.90. The van der Waals surface area contributed by atoms with Crippen LogP contribution in [0.25, 0.3) is 0 Å². The van der Waals surface area contributed by atoms with Gasteiger partial charge in [0.1, 0.15) is 0 Å². The van der Waals surface area contributed by atoms with Crippen LogP contribution in [0, 0.1) is 12.8 Å². The molecule has 0 fully saturated rings. The second-order valence-electron chi connectivity index (χ2n) is 4.09. The lowest BCUT2D eigenvalue weighted by Gasteiger charge is -2.09. The molecule has 0 aliphatic heterocycles. The Morgan fingerprint density at radius 2 is 2.07 bits per heavy atom. The fourth-order valence-corrected chi connectivity index (χ4v) is 2.87. The average Bonchev–Trinajstić information content (AvgIpc) is 2.43. The topological polar surface area (TPSA) is 20.2 Å². The standard InChI is InChI=1S/C11H17BrOS/c1-7(2)4-5-9(13)10-6-8(3)11(12)14-10/h6-7,9,13H,4-5H2,1-3H3. The van der Waals surface area contributed by atoms with Crippen LogP contribution in [0.5, 0.6) is 0 Å². The first kappa shape index (κ1) is 12.2. The summed E-state index contributed by atoms with van der Waals surface area (Å²) in [6.07, 6.45) is 1.66. The Hall–Kier alpha value is 0.140. The van der Waals surface area contributed by atoms with E-state index in [9.17, 15) is 5.11 Å². The zero-order valence-electron chi connectivity index (χ0n) is 8.88. The monoisotopic (exact) mass is 276 g/mol. The molecule has 14 heavy (non-hydrogen) atoms. The van der Waals surface area contributed by atoms with E-state index in [2.05, 4.69) is 42.8 Å². The largest absolute Gasteiger partial charge is 0.388 e. The SMILES string of the molecule is Cc1cc(C(O)CCC(C)C)sc1Br. The lowest BCUT2D eigenvalue weighted by atomic mass is 10.0. The predicted molar refractivity (Wildman–Crippen MR) is 65.8 cm³/mol. The van der Waals surface area contributed by atoms with Crippen LogP contribution in [0.1, 0.15) is 43.2 Å². The van der Waals surface area contributed by atoms with Crippen molar-refractivity contribution >= 4 is 27.3 Å². The van der Waals surface area contributed by atoms with Gasteiger partial charge in [-0.2, -0.15) is 0 Å². The highest BCUT2D eigenvalue weighted by atomic mass is 79.9. The van der Waals surface area contributed by atoms with E-state index >= 15 is 0 Å². The molecule has 0 bridgehead atoms. The second-order valence-corrected chi connectivity index (χ2v) is 6.49. The van der Waals surface area contributed by atoms with Crippen molar-refractivity contribution in [2.75, 3.05) is 0 Å². The minimum Gasteiger partial charge on any atom is -0.388 e. The van der Waals surface area contributed by atoms with Gasteiger partial charge in [-0.15, -0.1) is 11.3 Å². The van der Waals surface area contributed by atoms with Gasteiger partial charge in [0.15, 0.2) is 0 Å². The summed E-state index contributed by atoms with van der Waals surface area (Å²) >= 11 is 5.11. The van der Waals surface area contributed by atoms with Gasteiger partial charge in [0.05, 0.1) is 9.89 Å². The van der Waals surface area contributed by atoms with Gasteiger partial charge < -0.3 is 5.11 Å². The molecule has 1 unspecified atom stereocenters. The van der Waals surface area contributed by atoms with Crippen LogP contribution in [0.3, 0.4) is 0 Å². The normalized spacial score (nSPS) is 13.6. The van der Waals surface area contributed by atoms with Crippen LogP contribution >= 0.6 is 27.3 Å². The van der Waals surface area contributed by atoms with Crippen molar-refractivity contribution < 1.29 is 5.11 Å². The van der Waals surface area contributed by atoms with Gasteiger partial charge in [-0.25, -0.2) is 0 Å². The Balaban J connectivity index is 2.56. The Bertz CT molecular complexity index is 274. The summed E-state index contributed by atoms with van der Waals surface area (Å²) in [6, 6.07) is 2.07. The van der Waals surface area contributed by atoms with Crippen molar-refractivity contribution in [2.24, 2.45) is 5.92 Å². The molecule has 1 aromatic heterocycles. The van der Waals surface area contributed by atoms with Gasteiger partial charge in [0.2, 0.25) is 0 Å². The van der Waals surface area contributed by atoms with Crippen molar-refractivity contribution in [3.63, 3.8) is 0 Å². The van der Waals surface area contributed by atoms with Gasteiger partial charge in [-0.1, -0.05) is 13.8 Å². The third-order valence-corrected chi connectivity index (χ3v) is 4.46. The molecule has 1 aromatic rings. The molecular weight excluding hydrogens is 260 g/mol. The second kappa shape index (κ2) is 5.29. The third kappa shape index (κ3) is 3.37. The van der Waals surface area contributed by atoms with Gasteiger partial charge in [-0.05, 0) is 53.2 Å². The van der Waals surface area contributed by atoms with E-state index in [1.165, 1.54) is 5.56 Å². The van der Waals surface area contributed by atoms with E-state index in [0.29, 0.717) is 5.92 Å². The number of hydrogen-bond acceptors (Lipinski definition) is 2. The molecule has 1 N–H and O–H groups in total. The van der Waals surface area contributed by atoms with E-state index in [1.54, 1.807) is 11.3 Å². The van der Waals surface area contributed by atoms with Gasteiger partial charge in [-0.3, -0.25) is 0 Å². The Kier molecular flexibility index (Phi) is 4.61. The fourth-order valence-electron chi connectivity index (χ4n) is 1.28. The lowest BCUT2D eigenvalue weighted by molar-refractivity contribution is 0.163. The lowest BCUT2D eigenvalue weighted by Crippen LogP contribution is -1.97. The van der Waals surface area contributed by atoms with E-state index < -0.39 is 0 Å². The highest BCUT2D eigenvalue weighted by Crippen LogP contribution is 2.33. The number of aryl methyl sites for hydroxylation is 1. The highest BCUT2D eigenvalue weighted by Gasteiger charge is 2.12. The van der Waals surface area contributed by atoms with Crippen LogP contribution in [0.2, 0.25) is 0 Å². The molecule has 0 amide bonds. The van der Waals surface area contributed by atoms with E-state index in [4.69, 9.17) is 0 Å². The summed E-state index contributed by atoms with van der Waals surface area (Å²) in [5.74, 6) is 0.661. The summed E-state index contributed by atoms with van der Waals surface area (Å²) < 4.78 is 1.14. The zero-order valence-corrected chi connectivity index (χ0v) is 11.3. The van der Waals surface area contributed by atoms with Gasteiger partial charge >= 0.3 is 0 Å². The molecule has 0 spiro atoms. The number of halogens is 1. The number of aliphatic hydroxyl groups excluding tert-OH is 1. The van der Waals surface area contributed by atoms with Crippen LogP contribution in [-0.4, -0.2) is 5.11 Å². The summed E-state index contributed by atoms with van der Waals surface area (Å²) in [5, 5.41) is 9.90. The molecule has 0 aliphatic carbocycles. The molecule has 1 atom stereocenters. The molecule has 0 radical (unpaired) electrons. The summed E-state index contributed by atoms with van der Waals surface area (Å²) in [6.45, 7) is 6.42. The molecule has 3 heteroatoms. The molecule has 0 aromatic carbocycles. The predicted octanol–water partition coefficient (Wildman–Crippen LogP) is 4.29. The fraction of sp³-hybridized carbons (Fsp3) is 0.636.